The van der Waals surface area contributed by atoms with Crippen LogP contribution in [0.15, 0.2) is 34.3 Å². The summed E-state index contributed by atoms with van der Waals surface area (Å²) in [5, 5.41) is 11.1. The summed E-state index contributed by atoms with van der Waals surface area (Å²) in [7, 11) is -0.588. The lowest BCUT2D eigenvalue weighted by atomic mass is 10.2. The van der Waals surface area contributed by atoms with Crippen molar-refractivity contribution in [3.8, 4) is 0 Å². The summed E-state index contributed by atoms with van der Waals surface area (Å²) in [4.78, 5) is 12.8. The Morgan fingerprint density at radius 2 is 1.92 bits per heavy atom. The van der Waals surface area contributed by atoms with E-state index in [1.54, 1.807) is 16.7 Å². The van der Waals surface area contributed by atoms with Gasteiger partial charge >= 0.3 is 0 Å². The van der Waals surface area contributed by atoms with E-state index in [4.69, 9.17) is 5.73 Å². The molecule has 1 amide bonds. The van der Waals surface area contributed by atoms with Crippen LogP contribution < -0.4 is 11.1 Å². The highest BCUT2D eigenvalue weighted by atomic mass is 32.2. The minimum atomic E-state index is -3.51. The van der Waals surface area contributed by atoms with Gasteiger partial charge in [0.05, 0.1) is 4.90 Å². The first-order valence-electron chi connectivity index (χ1n) is 7.80. The molecule has 0 radical (unpaired) electrons. The SMILES string of the molecule is CCC(C(=O)Nc1ccc(S(=O)(=O)N(C)C)cc1)n1c(N)nnc1SC. The Hall–Kier alpha value is -2.11. The third kappa shape index (κ3) is 4.00. The van der Waals surface area contributed by atoms with Crippen molar-refractivity contribution >= 4 is 39.3 Å². The van der Waals surface area contributed by atoms with Crippen LogP contribution in [0, 0.1) is 0 Å². The molecule has 2 rings (SSSR count). The van der Waals surface area contributed by atoms with Crippen LogP contribution in [-0.4, -0.2) is 53.7 Å². The Morgan fingerprint density at radius 1 is 1.31 bits per heavy atom. The van der Waals surface area contributed by atoms with Gasteiger partial charge < -0.3 is 11.1 Å². The molecule has 1 unspecified atom stereocenters. The topological polar surface area (TPSA) is 123 Å². The van der Waals surface area contributed by atoms with Gasteiger partial charge in [0.2, 0.25) is 21.9 Å². The van der Waals surface area contributed by atoms with Crippen LogP contribution in [0.3, 0.4) is 0 Å². The summed E-state index contributed by atoms with van der Waals surface area (Å²) in [6.07, 6.45) is 2.32. The molecule has 3 N–H and O–H groups in total. The first kappa shape index (κ1) is 20.2. The summed E-state index contributed by atoms with van der Waals surface area (Å²) in [5.41, 5.74) is 6.33. The van der Waals surface area contributed by atoms with Crippen molar-refractivity contribution in [3.63, 3.8) is 0 Å². The molecule has 142 valence electrons. The molecule has 0 aliphatic heterocycles. The van der Waals surface area contributed by atoms with Gasteiger partial charge in [-0.25, -0.2) is 12.7 Å². The highest BCUT2D eigenvalue weighted by molar-refractivity contribution is 7.98. The van der Waals surface area contributed by atoms with Gasteiger partial charge in [0.1, 0.15) is 6.04 Å². The first-order chi connectivity index (χ1) is 12.2. The number of rotatable bonds is 7. The number of anilines is 2. The van der Waals surface area contributed by atoms with Gasteiger partial charge in [-0.05, 0) is 36.9 Å². The molecule has 0 fully saturated rings. The number of hydrogen-bond acceptors (Lipinski definition) is 7. The lowest BCUT2D eigenvalue weighted by Gasteiger charge is -2.19. The second-order valence-electron chi connectivity index (χ2n) is 5.64. The van der Waals surface area contributed by atoms with Gasteiger partial charge in [-0.15, -0.1) is 10.2 Å². The average Bonchev–Trinajstić information content (AvgIpc) is 2.97. The third-order valence-electron chi connectivity index (χ3n) is 3.77. The Labute approximate surface area is 157 Å². The van der Waals surface area contributed by atoms with Gasteiger partial charge in [-0.1, -0.05) is 18.7 Å². The number of carbonyl (C=O) groups is 1. The standard InChI is InChI=1S/C15H22N6O3S2/c1-5-12(21-14(16)18-19-15(21)25-4)13(22)17-10-6-8-11(9-7-10)26(23,24)20(2)3/h6-9,12H,5H2,1-4H3,(H2,16,18)(H,17,22). The van der Waals surface area contributed by atoms with Gasteiger partial charge in [0.25, 0.3) is 0 Å². The summed E-state index contributed by atoms with van der Waals surface area (Å²) >= 11 is 1.35. The van der Waals surface area contributed by atoms with E-state index in [9.17, 15) is 13.2 Å². The fraction of sp³-hybridized carbons (Fsp3) is 0.400. The fourth-order valence-corrected chi connectivity index (χ4v) is 3.79. The Morgan fingerprint density at radius 3 is 2.42 bits per heavy atom. The van der Waals surface area contributed by atoms with E-state index in [2.05, 4.69) is 15.5 Å². The molecule has 0 bridgehead atoms. The third-order valence-corrected chi connectivity index (χ3v) is 6.25. The minimum absolute atomic E-state index is 0.153. The monoisotopic (exact) mass is 398 g/mol. The van der Waals surface area contributed by atoms with E-state index in [0.717, 1.165) is 4.31 Å². The Bertz CT molecular complexity index is 877. The second kappa shape index (κ2) is 8.06. The number of carbonyl (C=O) groups excluding carboxylic acids is 1. The molecule has 2 aromatic rings. The largest absolute Gasteiger partial charge is 0.368 e. The molecule has 1 heterocycles. The molecule has 0 spiro atoms. The lowest BCUT2D eigenvalue weighted by molar-refractivity contribution is -0.119. The minimum Gasteiger partial charge on any atom is -0.368 e. The number of sulfonamides is 1. The molecule has 0 saturated carbocycles. The van der Waals surface area contributed by atoms with Crippen molar-refractivity contribution < 1.29 is 13.2 Å². The van der Waals surface area contributed by atoms with E-state index >= 15 is 0 Å². The summed E-state index contributed by atoms with van der Waals surface area (Å²) < 4.78 is 26.9. The van der Waals surface area contributed by atoms with Crippen LogP contribution in [-0.2, 0) is 14.8 Å². The van der Waals surface area contributed by atoms with Gasteiger partial charge in [-0.2, -0.15) is 0 Å². The second-order valence-corrected chi connectivity index (χ2v) is 8.57. The Balaban J connectivity index is 2.22. The van der Waals surface area contributed by atoms with Crippen molar-refractivity contribution in [2.75, 3.05) is 31.4 Å². The highest BCUT2D eigenvalue weighted by Gasteiger charge is 2.24. The van der Waals surface area contributed by atoms with Crippen LogP contribution in [0.1, 0.15) is 19.4 Å². The summed E-state index contributed by atoms with van der Waals surface area (Å²) in [6.45, 7) is 1.86. The number of benzene rings is 1. The maximum absolute atomic E-state index is 12.7. The summed E-state index contributed by atoms with van der Waals surface area (Å²) in [5.74, 6) is -0.110. The smallest absolute Gasteiger partial charge is 0.247 e. The first-order valence-corrected chi connectivity index (χ1v) is 10.5. The average molecular weight is 399 g/mol. The molecule has 26 heavy (non-hydrogen) atoms. The van der Waals surface area contributed by atoms with Gasteiger partial charge in [0, 0.05) is 19.8 Å². The zero-order valence-corrected chi connectivity index (χ0v) is 16.6. The molecule has 0 aliphatic carbocycles. The van der Waals surface area contributed by atoms with E-state index in [-0.39, 0.29) is 16.8 Å². The molecular formula is C15H22N6O3S2. The molecule has 1 aromatic carbocycles. The van der Waals surface area contributed by atoms with Crippen LogP contribution in [0.2, 0.25) is 0 Å². The van der Waals surface area contributed by atoms with Crippen LogP contribution in [0.4, 0.5) is 11.6 Å². The summed E-state index contributed by atoms with van der Waals surface area (Å²) in [6, 6.07) is 5.43. The molecule has 0 aliphatic rings. The number of amides is 1. The van der Waals surface area contributed by atoms with E-state index < -0.39 is 16.1 Å². The predicted octanol–water partition coefficient (Wildman–Crippen LogP) is 1.42. The van der Waals surface area contributed by atoms with Crippen LogP contribution in [0.5, 0.6) is 0 Å². The molecule has 1 aromatic heterocycles. The molecule has 0 saturated heterocycles. The molecular weight excluding hydrogens is 376 g/mol. The van der Waals surface area contributed by atoms with Crippen molar-refractivity contribution in [1.29, 1.82) is 0 Å². The van der Waals surface area contributed by atoms with Crippen LogP contribution >= 0.6 is 11.8 Å². The normalized spacial score (nSPS) is 13.0. The molecule has 9 nitrogen and oxygen atoms in total. The van der Waals surface area contributed by atoms with E-state index in [0.29, 0.717) is 17.3 Å². The Kier molecular flexibility index (Phi) is 6.26. The van der Waals surface area contributed by atoms with Crippen molar-refractivity contribution in [3.05, 3.63) is 24.3 Å². The van der Waals surface area contributed by atoms with E-state index in [1.165, 1.54) is 38.0 Å². The van der Waals surface area contributed by atoms with Gasteiger partial charge in [0.15, 0.2) is 5.16 Å². The van der Waals surface area contributed by atoms with Gasteiger partial charge in [-0.3, -0.25) is 9.36 Å². The molecule has 1 atom stereocenters. The number of nitrogens with one attached hydrogen (secondary N) is 1. The quantitative estimate of drug-likeness (QED) is 0.676. The number of hydrogen-bond donors (Lipinski definition) is 2. The van der Waals surface area contributed by atoms with Crippen molar-refractivity contribution in [1.82, 2.24) is 19.1 Å². The number of nitrogen functional groups attached to an aromatic ring is 1. The lowest BCUT2D eigenvalue weighted by Crippen LogP contribution is -2.27. The maximum Gasteiger partial charge on any atom is 0.247 e. The van der Waals surface area contributed by atoms with E-state index in [1.807, 2.05) is 13.2 Å². The zero-order chi connectivity index (χ0) is 19.5. The molecule has 11 heteroatoms. The predicted molar refractivity (Wildman–Crippen MR) is 101 cm³/mol. The van der Waals surface area contributed by atoms with Crippen LogP contribution in [0.25, 0.3) is 0 Å². The number of nitrogens with zero attached hydrogens (tertiary/aromatic N) is 4. The van der Waals surface area contributed by atoms with Crippen molar-refractivity contribution in [2.24, 2.45) is 0 Å². The number of nitrogens with two attached hydrogens (primary N) is 1. The number of aromatic nitrogens is 3. The number of thioether (sulfide) groups is 1. The highest BCUT2D eigenvalue weighted by Crippen LogP contribution is 2.25. The fourth-order valence-electron chi connectivity index (χ4n) is 2.35. The van der Waals surface area contributed by atoms with Crippen molar-refractivity contribution in [2.45, 2.75) is 29.4 Å². The maximum atomic E-state index is 12.7. The zero-order valence-electron chi connectivity index (χ0n) is 15.0.